The fraction of sp³-hybridized carbons (Fsp3) is 0.111. The normalized spacial score (nSPS) is 11.2. The number of aromatic nitrogens is 1. The van der Waals surface area contributed by atoms with Crippen molar-refractivity contribution < 1.29 is 13.2 Å². The monoisotopic (exact) mass is 465 g/mol. The molecule has 1 amide bonds. The number of nitrogens with zero attached hydrogens (tertiary/aromatic N) is 1. The SMILES string of the molecule is Cc1cc(NC(=O)c2sc(NS(=O)(=O)c3ccccc3)nc2C)ccc1Br. The molecule has 3 rings (SSSR count). The predicted octanol–water partition coefficient (Wildman–Crippen LogP) is 4.58. The average molecular weight is 466 g/mol. The second-order valence-corrected chi connectivity index (χ2v) is 9.31. The summed E-state index contributed by atoms with van der Waals surface area (Å²) in [6.07, 6.45) is 0. The Morgan fingerprint density at radius 2 is 1.81 bits per heavy atom. The Morgan fingerprint density at radius 3 is 2.48 bits per heavy atom. The maximum Gasteiger partial charge on any atom is 0.267 e. The standard InChI is InChI=1S/C18H16BrN3O3S2/c1-11-10-13(8-9-15(11)19)21-17(23)16-12(2)20-18(26-16)22-27(24,25)14-6-4-3-5-7-14/h3-10H,1-2H3,(H,20,22)(H,21,23). The van der Waals surface area contributed by atoms with E-state index in [0.29, 0.717) is 16.3 Å². The molecule has 0 aliphatic carbocycles. The number of benzene rings is 2. The zero-order valence-corrected chi connectivity index (χ0v) is 17.7. The van der Waals surface area contributed by atoms with Crippen molar-refractivity contribution in [2.24, 2.45) is 0 Å². The molecule has 0 radical (unpaired) electrons. The highest BCUT2D eigenvalue weighted by Crippen LogP contribution is 2.27. The Balaban J connectivity index is 1.79. The molecule has 6 nitrogen and oxygen atoms in total. The summed E-state index contributed by atoms with van der Waals surface area (Å²) in [6, 6.07) is 13.5. The minimum Gasteiger partial charge on any atom is -0.321 e. The van der Waals surface area contributed by atoms with Crippen LogP contribution in [0.3, 0.4) is 0 Å². The summed E-state index contributed by atoms with van der Waals surface area (Å²) < 4.78 is 28.2. The molecule has 1 aromatic heterocycles. The minimum atomic E-state index is -3.75. The van der Waals surface area contributed by atoms with Gasteiger partial charge in [-0.25, -0.2) is 13.4 Å². The number of anilines is 2. The molecule has 9 heteroatoms. The van der Waals surface area contributed by atoms with Crippen LogP contribution in [0.5, 0.6) is 0 Å². The van der Waals surface area contributed by atoms with E-state index in [1.807, 2.05) is 19.1 Å². The van der Waals surface area contributed by atoms with Crippen LogP contribution < -0.4 is 10.0 Å². The number of rotatable bonds is 5. The smallest absolute Gasteiger partial charge is 0.267 e. The van der Waals surface area contributed by atoms with Gasteiger partial charge in [0.25, 0.3) is 15.9 Å². The second kappa shape index (κ2) is 7.79. The van der Waals surface area contributed by atoms with Gasteiger partial charge < -0.3 is 5.32 Å². The van der Waals surface area contributed by atoms with Gasteiger partial charge in [0, 0.05) is 10.2 Å². The third kappa shape index (κ3) is 4.55. The number of hydrogen-bond acceptors (Lipinski definition) is 5. The van der Waals surface area contributed by atoms with Gasteiger partial charge in [-0.15, -0.1) is 0 Å². The van der Waals surface area contributed by atoms with E-state index in [1.54, 1.807) is 31.2 Å². The summed E-state index contributed by atoms with van der Waals surface area (Å²) >= 11 is 4.41. The van der Waals surface area contributed by atoms with Crippen LogP contribution in [0.25, 0.3) is 0 Å². The number of halogens is 1. The van der Waals surface area contributed by atoms with Gasteiger partial charge in [-0.1, -0.05) is 45.5 Å². The third-order valence-electron chi connectivity index (χ3n) is 3.69. The molecule has 2 aromatic carbocycles. The van der Waals surface area contributed by atoms with Crippen molar-refractivity contribution in [2.45, 2.75) is 18.7 Å². The Hall–Kier alpha value is -2.23. The number of nitrogens with one attached hydrogen (secondary N) is 2. The molecule has 0 unspecified atom stereocenters. The number of sulfonamides is 1. The van der Waals surface area contributed by atoms with E-state index >= 15 is 0 Å². The molecule has 2 N–H and O–H groups in total. The van der Waals surface area contributed by atoms with Crippen molar-refractivity contribution >= 4 is 54.0 Å². The highest BCUT2D eigenvalue weighted by atomic mass is 79.9. The molecule has 0 aliphatic rings. The summed E-state index contributed by atoms with van der Waals surface area (Å²) in [7, 11) is -3.75. The Morgan fingerprint density at radius 1 is 1.11 bits per heavy atom. The van der Waals surface area contributed by atoms with Crippen molar-refractivity contribution in [2.75, 3.05) is 10.0 Å². The predicted molar refractivity (Wildman–Crippen MR) is 111 cm³/mol. The van der Waals surface area contributed by atoms with Crippen molar-refractivity contribution in [1.82, 2.24) is 4.98 Å². The molecular formula is C18H16BrN3O3S2. The summed E-state index contributed by atoms with van der Waals surface area (Å²) in [5.74, 6) is -0.336. The number of aryl methyl sites for hydroxylation is 2. The molecule has 1 heterocycles. The first-order valence-corrected chi connectivity index (χ1v) is 11.0. The summed E-state index contributed by atoms with van der Waals surface area (Å²) in [4.78, 5) is 17.2. The zero-order valence-electron chi connectivity index (χ0n) is 14.5. The van der Waals surface area contributed by atoms with Crippen LogP contribution >= 0.6 is 27.3 Å². The van der Waals surface area contributed by atoms with Gasteiger partial charge in [-0.3, -0.25) is 9.52 Å². The van der Waals surface area contributed by atoms with Crippen LogP contribution in [-0.4, -0.2) is 19.3 Å². The first kappa shape index (κ1) is 19.5. The van der Waals surface area contributed by atoms with Crippen molar-refractivity contribution in [3.05, 3.63) is 69.1 Å². The molecule has 0 spiro atoms. The first-order chi connectivity index (χ1) is 12.8. The Labute approximate surface area is 169 Å². The van der Waals surface area contributed by atoms with Crippen LogP contribution in [0.15, 0.2) is 57.9 Å². The van der Waals surface area contributed by atoms with Gasteiger partial charge >= 0.3 is 0 Å². The average Bonchev–Trinajstić information content (AvgIpc) is 2.98. The van der Waals surface area contributed by atoms with Gasteiger partial charge in [0.2, 0.25) is 0 Å². The second-order valence-electron chi connectivity index (χ2n) is 5.77. The molecule has 0 bridgehead atoms. The number of thiazole rings is 1. The van der Waals surface area contributed by atoms with Gasteiger partial charge in [0.15, 0.2) is 5.13 Å². The van der Waals surface area contributed by atoms with Crippen molar-refractivity contribution in [1.29, 1.82) is 0 Å². The van der Waals surface area contributed by atoms with Gasteiger partial charge in [0.05, 0.1) is 10.6 Å². The fourth-order valence-electron chi connectivity index (χ4n) is 2.33. The van der Waals surface area contributed by atoms with E-state index in [-0.39, 0.29) is 15.9 Å². The lowest BCUT2D eigenvalue weighted by Crippen LogP contribution is -2.12. The van der Waals surface area contributed by atoms with Crippen molar-refractivity contribution in [3.8, 4) is 0 Å². The summed E-state index contributed by atoms with van der Waals surface area (Å²) in [5.41, 5.74) is 2.10. The van der Waals surface area contributed by atoms with Gasteiger partial charge in [-0.2, -0.15) is 0 Å². The maximum absolute atomic E-state index is 12.6. The molecule has 3 aromatic rings. The van der Waals surface area contributed by atoms with Gasteiger partial charge in [0.1, 0.15) is 4.88 Å². The quantitative estimate of drug-likeness (QED) is 0.577. The third-order valence-corrected chi connectivity index (χ3v) is 7.14. The molecule has 0 aliphatic heterocycles. The minimum absolute atomic E-state index is 0.134. The fourth-order valence-corrected chi connectivity index (χ4v) is 4.70. The topological polar surface area (TPSA) is 88.2 Å². The molecule has 0 saturated heterocycles. The van der Waals surface area contributed by atoms with Crippen LogP contribution in [0, 0.1) is 13.8 Å². The van der Waals surface area contributed by atoms with E-state index in [2.05, 4.69) is 31.0 Å². The molecular weight excluding hydrogens is 450 g/mol. The largest absolute Gasteiger partial charge is 0.321 e. The van der Waals surface area contributed by atoms with Gasteiger partial charge in [-0.05, 0) is 49.7 Å². The molecule has 0 atom stereocenters. The zero-order chi connectivity index (χ0) is 19.6. The van der Waals surface area contributed by atoms with E-state index in [4.69, 9.17) is 0 Å². The maximum atomic E-state index is 12.6. The van der Waals surface area contributed by atoms with E-state index in [0.717, 1.165) is 21.4 Å². The first-order valence-electron chi connectivity index (χ1n) is 7.89. The number of carbonyl (C=O) groups excluding carboxylic acids is 1. The lowest BCUT2D eigenvalue weighted by Gasteiger charge is -2.06. The van der Waals surface area contributed by atoms with Crippen molar-refractivity contribution in [3.63, 3.8) is 0 Å². The molecule has 0 saturated carbocycles. The highest BCUT2D eigenvalue weighted by molar-refractivity contribution is 9.10. The van der Waals surface area contributed by atoms with Crippen LogP contribution in [0.2, 0.25) is 0 Å². The lowest BCUT2D eigenvalue weighted by atomic mass is 10.2. The number of amides is 1. The highest BCUT2D eigenvalue weighted by Gasteiger charge is 2.20. The number of carbonyl (C=O) groups is 1. The lowest BCUT2D eigenvalue weighted by molar-refractivity contribution is 0.103. The Kier molecular flexibility index (Phi) is 5.64. The molecule has 140 valence electrons. The summed E-state index contributed by atoms with van der Waals surface area (Å²) in [6.45, 7) is 3.59. The summed E-state index contributed by atoms with van der Waals surface area (Å²) in [5, 5.41) is 2.96. The number of hydrogen-bond donors (Lipinski definition) is 2. The van der Waals surface area contributed by atoms with E-state index in [9.17, 15) is 13.2 Å². The molecule has 27 heavy (non-hydrogen) atoms. The van der Waals surface area contributed by atoms with Crippen LogP contribution in [-0.2, 0) is 10.0 Å². The van der Waals surface area contributed by atoms with Crippen LogP contribution in [0.1, 0.15) is 20.9 Å². The van der Waals surface area contributed by atoms with E-state index in [1.165, 1.54) is 12.1 Å². The van der Waals surface area contributed by atoms with Crippen LogP contribution in [0.4, 0.5) is 10.8 Å². The molecule has 0 fully saturated rings. The Bertz CT molecular complexity index is 1100. The van der Waals surface area contributed by atoms with E-state index < -0.39 is 10.0 Å².